The minimum atomic E-state index is -2.94. The van der Waals surface area contributed by atoms with Gasteiger partial charge in [0.25, 0.3) is 11.5 Å². The van der Waals surface area contributed by atoms with Crippen molar-refractivity contribution < 1.29 is 23.0 Å². The van der Waals surface area contributed by atoms with Crippen molar-refractivity contribution in [3.63, 3.8) is 0 Å². The number of rotatable bonds is 8. The molecule has 0 unspecified atom stereocenters. The van der Waals surface area contributed by atoms with E-state index >= 15 is 0 Å². The number of hydrogen-bond donors (Lipinski definition) is 1. The maximum Gasteiger partial charge on any atom is 0.387 e. The minimum absolute atomic E-state index is 0.00401. The molecule has 1 fully saturated rings. The monoisotopic (exact) mass is 554 g/mol. The van der Waals surface area contributed by atoms with Gasteiger partial charge in [-0.25, -0.2) is 0 Å². The molecule has 11 heteroatoms. The molecule has 1 N–H and O–H groups in total. The lowest BCUT2D eigenvalue weighted by Gasteiger charge is -2.26. The third-order valence-electron chi connectivity index (χ3n) is 6.20. The number of amides is 1. The molecule has 8 nitrogen and oxygen atoms in total. The lowest BCUT2D eigenvalue weighted by Crippen LogP contribution is -2.42. The number of hydrogen-bond acceptors (Lipinski definition) is 7. The molecule has 2 aromatic carbocycles. The number of nitrogens with one attached hydrogen (secondary N) is 1. The Balaban J connectivity index is 1.78. The van der Waals surface area contributed by atoms with Crippen LogP contribution in [0.5, 0.6) is 5.75 Å². The van der Waals surface area contributed by atoms with Crippen LogP contribution in [0.2, 0.25) is 0 Å². The Morgan fingerprint density at radius 3 is 2.59 bits per heavy atom. The first-order valence-electron chi connectivity index (χ1n) is 12.4. The number of carbonyl (C=O) groups is 1. The van der Waals surface area contributed by atoms with Crippen LogP contribution in [0.3, 0.4) is 0 Å². The van der Waals surface area contributed by atoms with Crippen molar-refractivity contribution in [2.24, 2.45) is 0 Å². The van der Waals surface area contributed by atoms with Crippen molar-refractivity contribution in [2.45, 2.75) is 20.5 Å². The zero-order valence-corrected chi connectivity index (χ0v) is 22.4. The van der Waals surface area contributed by atoms with Crippen LogP contribution in [0, 0.1) is 25.2 Å². The number of ether oxygens (including phenoxy) is 2. The Morgan fingerprint density at radius 2 is 1.92 bits per heavy atom. The minimum Gasteiger partial charge on any atom is -0.435 e. The van der Waals surface area contributed by atoms with Crippen LogP contribution in [-0.4, -0.2) is 61.4 Å². The molecule has 1 amide bonds. The molecule has 1 aromatic heterocycles. The fourth-order valence-electron chi connectivity index (χ4n) is 4.16. The lowest BCUT2D eigenvalue weighted by atomic mass is 10.1. The summed E-state index contributed by atoms with van der Waals surface area (Å²) in [6.07, 6.45) is 1.59. The molecule has 0 aliphatic carbocycles. The normalized spacial score (nSPS) is 15.2. The van der Waals surface area contributed by atoms with Crippen LogP contribution in [0.25, 0.3) is 17.3 Å². The zero-order chi connectivity index (χ0) is 27.9. The number of nitriles is 1. The fourth-order valence-corrected chi connectivity index (χ4v) is 5.26. The highest BCUT2D eigenvalue weighted by atomic mass is 32.1. The van der Waals surface area contributed by atoms with Gasteiger partial charge in [0, 0.05) is 26.2 Å². The molecular weight excluding hydrogens is 526 g/mol. The maximum atomic E-state index is 13.7. The van der Waals surface area contributed by atoms with Gasteiger partial charge in [-0.3, -0.25) is 19.1 Å². The van der Waals surface area contributed by atoms with Crippen molar-refractivity contribution in [3.05, 3.63) is 78.7 Å². The quantitative estimate of drug-likeness (QED) is 0.458. The molecule has 0 radical (unpaired) electrons. The second-order valence-electron chi connectivity index (χ2n) is 8.99. The van der Waals surface area contributed by atoms with Gasteiger partial charge in [-0.1, -0.05) is 24.3 Å². The predicted molar refractivity (Wildman–Crippen MR) is 145 cm³/mol. The number of nitrogens with zero attached hydrogens (tertiary/aromatic N) is 3. The van der Waals surface area contributed by atoms with Crippen LogP contribution < -0.4 is 24.8 Å². The van der Waals surface area contributed by atoms with Gasteiger partial charge in [0.05, 0.1) is 23.4 Å². The molecule has 0 atom stereocenters. The molecule has 39 heavy (non-hydrogen) atoms. The molecule has 1 aliphatic rings. The Kier molecular flexibility index (Phi) is 9.24. The summed E-state index contributed by atoms with van der Waals surface area (Å²) in [5.41, 5.74) is 2.29. The van der Waals surface area contributed by atoms with E-state index in [2.05, 4.69) is 15.0 Å². The van der Waals surface area contributed by atoms with Gasteiger partial charge in [0.1, 0.15) is 16.5 Å². The number of carbonyl (C=O) groups excluding carboxylic acids is 1. The van der Waals surface area contributed by atoms with Crippen LogP contribution in [0.1, 0.15) is 16.7 Å². The highest BCUT2D eigenvalue weighted by molar-refractivity contribution is 7.07. The Hall–Kier alpha value is -3.85. The Bertz CT molecular complexity index is 1550. The summed E-state index contributed by atoms with van der Waals surface area (Å²) >= 11 is 1.02. The zero-order valence-electron chi connectivity index (χ0n) is 21.6. The smallest absolute Gasteiger partial charge is 0.387 e. The molecule has 0 bridgehead atoms. The molecule has 0 saturated carbocycles. The second kappa shape index (κ2) is 12.8. The molecular formula is C28H28F2N4O4S. The lowest BCUT2D eigenvalue weighted by molar-refractivity contribution is -0.115. The van der Waals surface area contributed by atoms with E-state index in [9.17, 15) is 23.6 Å². The van der Waals surface area contributed by atoms with E-state index in [-0.39, 0.29) is 20.5 Å². The van der Waals surface area contributed by atoms with Gasteiger partial charge in [0.2, 0.25) is 0 Å². The first-order valence-corrected chi connectivity index (χ1v) is 13.2. The average molecular weight is 555 g/mol. The Morgan fingerprint density at radius 1 is 1.21 bits per heavy atom. The summed E-state index contributed by atoms with van der Waals surface area (Å²) in [6, 6.07) is 13.5. The molecule has 3 aromatic rings. The number of morpholine rings is 1. The highest BCUT2D eigenvalue weighted by Gasteiger charge is 2.19. The number of alkyl halides is 2. The van der Waals surface area contributed by atoms with Gasteiger partial charge in [-0.15, -0.1) is 11.3 Å². The summed E-state index contributed by atoms with van der Waals surface area (Å²) in [5, 5.41) is 12.8. The highest BCUT2D eigenvalue weighted by Crippen LogP contribution is 2.16. The first-order chi connectivity index (χ1) is 18.8. The topological polar surface area (TPSA) is 96.6 Å². The summed E-state index contributed by atoms with van der Waals surface area (Å²) < 4.78 is 36.6. The molecule has 1 aliphatic heterocycles. The third kappa shape index (κ3) is 6.97. The van der Waals surface area contributed by atoms with Crippen LogP contribution in [0.4, 0.5) is 8.78 Å². The van der Waals surface area contributed by atoms with E-state index < -0.39 is 18.1 Å². The standard InChI is InChI=1S/C28H28F2N4O4S/c1-18-3-4-19(2)23(15-18)34-26(36)24(16-20-5-7-21(8-6-20)38-28(29)30)39-27(34)22(17-31)25(35)32-9-10-33-11-13-37-14-12-33/h3-8,15-16,28H,9-14H2,1-2H3,(H,32,35)/b24-16-,27-22-. The number of benzene rings is 2. The fraction of sp³-hybridized carbons (Fsp3) is 0.321. The number of aryl methyl sites for hydroxylation is 2. The van der Waals surface area contributed by atoms with E-state index in [1.165, 1.54) is 16.7 Å². The third-order valence-corrected chi connectivity index (χ3v) is 7.29. The molecule has 204 valence electrons. The van der Waals surface area contributed by atoms with Crippen LogP contribution in [0.15, 0.2) is 47.3 Å². The van der Waals surface area contributed by atoms with Crippen molar-refractivity contribution >= 4 is 28.9 Å². The molecule has 2 heterocycles. The van der Waals surface area contributed by atoms with Gasteiger partial charge in [-0.05, 0) is 54.8 Å². The second-order valence-corrected chi connectivity index (χ2v) is 10.0. The van der Waals surface area contributed by atoms with E-state index in [4.69, 9.17) is 4.74 Å². The van der Waals surface area contributed by atoms with E-state index in [0.717, 1.165) is 35.6 Å². The van der Waals surface area contributed by atoms with Crippen molar-refractivity contribution in [2.75, 3.05) is 39.4 Å². The summed E-state index contributed by atoms with van der Waals surface area (Å²) in [4.78, 5) is 29.0. The first kappa shape index (κ1) is 28.2. The maximum absolute atomic E-state index is 13.7. The molecule has 4 rings (SSSR count). The molecule has 1 saturated heterocycles. The number of halogens is 2. The van der Waals surface area contributed by atoms with Crippen LogP contribution in [-0.2, 0) is 9.53 Å². The van der Waals surface area contributed by atoms with E-state index in [1.807, 2.05) is 38.1 Å². The van der Waals surface area contributed by atoms with Crippen LogP contribution >= 0.6 is 11.3 Å². The number of aromatic nitrogens is 1. The summed E-state index contributed by atoms with van der Waals surface area (Å²) in [5.74, 6) is -0.568. The molecule has 0 spiro atoms. The van der Waals surface area contributed by atoms with E-state index in [1.54, 1.807) is 18.2 Å². The summed E-state index contributed by atoms with van der Waals surface area (Å²) in [7, 11) is 0. The van der Waals surface area contributed by atoms with Crippen molar-refractivity contribution in [3.8, 4) is 17.5 Å². The SMILES string of the molecule is Cc1ccc(C)c(-n2c(=O)/c(=C/c3ccc(OC(F)F)cc3)s/c2=C(/C#N)C(=O)NCCN2CCOCC2)c1. The van der Waals surface area contributed by atoms with Crippen molar-refractivity contribution in [1.29, 1.82) is 5.26 Å². The largest absolute Gasteiger partial charge is 0.435 e. The summed E-state index contributed by atoms with van der Waals surface area (Å²) in [6.45, 7) is 4.59. The van der Waals surface area contributed by atoms with Crippen molar-refractivity contribution in [1.82, 2.24) is 14.8 Å². The number of thiazole rings is 1. The van der Waals surface area contributed by atoms with Gasteiger partial charge < -0.3 is 14.8 Å². The predicted octanol–water partition coefficient (Wildman–Crippen LogP) is 2.07. The Labute approximate surface area is 228 Å². The van der Waals surface area contributed by atoms with Gasteiger partial charge in [-0.2, -0.15) is 14.0 Å². The average Bonchev–Trinajstić information content (AvgIpc) is 3.22. The van der Waals surface area contributed by atoms with E-state index in [0.29, 0.717) is 37.6 Å². The van der Waals surface area contributed by atoms with Gasteiger partial charge in [0.15, 0.2) is 5.57 Å². The van der Waals surface area contributed by atoms with Gasteiger partial charge >= 0.3 is 6.61 Å².